The fourth-order valence-electron chi connectivity index (χ4n) is 2.40. The van der Waals surface area contributed by atoms with Gasteiger partial charge >= 0.3 is 0 Å². The second-order valence-corrected chi connectivity index (χ2v) is 5.26. The number of halogens is 1. The van der Waals surface area contributed by atoms with Gasteiger partial charge in [0.2, 0.25) is 0 Å². The van der Waals surface area contributed by atoms with E-state index in [9.17, 15) is 0 Å². The molecule has 0 aliphatic carbocycles. The summed E-state index contributed by atoms with van der Waals surface area (Å²) in [6.07, 6.45) is 4.80. The van der Waals surface area contributed by atoms with Gasteiger partial charge in [0.25, 0.3) is 0 Å². The lowest BCUT2D eigenvalue weighted by atomic mass is 9.96. The second kappa shape index (κ2) is 5.85. The molecule has 0 saturated carbocycles. The summed E-state index contributed by atoms with van der Waals surface area (Å²) in [5, 5.41) is 0.762. The molecule has 94 valence electrons. The molecule has 0 bridgehead atoms. The summed E-state index contributed by atoms with van der Waals surface area (Å²) in [6.45, 7) is 2.99. The van der Waals surface area contributed by atoms with E-state index >= 15 is 0 Å². The zero-order valence-corrected chi connectivity index (χ0v) is 11.0. The molecule has 1 aromatic carbocycles. The van der Waals surface area contributed by atoms with E-state index in [4.69, 9.17) is 22.1 Å². The topological polar surface area (TPSA) is 35.2 Å². The molecule has 0 spiro atoms. The number of nitrogens with two attached hydrogens (primary N) is 1. The molecule has 17 heavy (non-hydrogen) atoms. The lowest BCUT2D eigenvalue weighted by Gasteiger charge is -2.17. The number of rotatable bonds is 4. The molecule has 1 saturated heterocycles. The van der Waals surface area contributed by atoms with Crippen molar-refractivity contribution in [2.45, 2.75) is 44.8 Å². The fraction of sp³-hybridized carbons (Fsp3) is 0.571. The highest BCUT2D eigenvalue weighted by Crippen LogP contribution is 2.26. The highest BCUT2D eigenvalue weighted by atomic mass is 35.5. The molecule has 1 aliphatic rings. The molecule has 0 radical (unpaired) electrons. The third-order valence-electron chi connectivity index (χ3n) is 3.46. The molecule has 3 heteroatoms. The van der Waals surface area contributed by atoms with Gasteiger partial charge in [-0.05, 0) is 55.9 Å². The maximum atomic E-state index is 6.23. The SMILES string of the molecule is Cc1ccc(Cl)cc1C(N)CCC1CCCO1. The highest BCUT2D eigenvalue weighted by molar-refractivity contribution is 6.30. The molecule has 2 unspecified atom stereocenters. The molecule has 2 rings (SSSR count). The van der Waals surface area contributed by atoms with Crippen LogP contribution >= 0.6 is 11.6 Å². The van der Waals surface area contributed by atoms with Crippen molar-refractivity contribution in [2.24, 2.45) is 5.73 Å². The average molecular weight is 254 g/mol. The van der Waals surface area contributed by atoms with Gasteiger partial charge in [0.05, 0.1) is 6.10 Å². The van der Waals surface area contributed by atoms with Crippen molar-refractivity contribution in [1.29, 1.82) is 0 Å². The first-order chi connectivity index (χ1) is 8.16. The summed E-state index contributed by atoms with van der Waals surface area (Å²) in [4.78, 5) is 0. The maximum Gasteiger partial charge on any atom is 0.0576 e. The molecule has 1 heterocycles. The Hall–Kier alpha value is -0.570. The summed E-state index contributed by atoms with van der Waals surface area (Å²) in [6, 6.07) is 5.99. The Morgan fingerprint density at radius 2 is 2.35 bits per heavy atom. The van der Waals surface area contributed by atoms with Crippen molar-refractivity contribution in [3.8, 4) is 0 Å². The molecular weight excluding hydrogens is 234 g/mol. The number of benzene rings is 1. The van der Waals surface area contributed by atoms with Gasteiger partial charge in [0.15, 0.2) is 0 Å². The lowest BCUT2D eigenvalue weighted by Crippen LogP contribution is -2.15. The van der Waals surface area contributed by atoms with Crippen molar-refractivity contribution in [2.75, 3.05) is 6.61 Å². The van der Waals surface area contributed by atoms with Crippen LogP contribution < -0.4 is 5.73 Å². The normalized spacial score (nSPS) is 21.7. The Morgan fingerprint density at radius 1 is 1.53 bits per heavy atom. The highest BCUT2D eigenvalue weighted by Gasteiger charge is 2.17. The summed E-state index contributed by atoms with van der Waals surface area (Å²) >= 11 is 6.01. The summed E-state index contributed by atoms with van der Waals surface area (Å²) < 4.78 is 5.61. The monoisotopic (exact) mass is 253 g/mol. The summed E-state index contributed by atoms with van der Waals surface area (Å²) in [5.41, 5.74) is 8.61. The van der Waals surface area contributed by atoms with E-state index in [1.807, 2.05) is 18.2 Å². The predicted octanol–water partition coefficient (Wildman–Crippen LogP) is 3.61. The van der Waals surface area contributed by atoms with E-state index in [-0.39, 0.29) is 6.04 Å². The first-order valence-corrected chi connectivity index (χ1v) is 6.68. The predicted molar refractivity (Wildman–Crippen MR) is 71.3 cm³/mol. The zero-order chi connectivity index (χ0) is 12.3. The minimum Gasteiger partial charge on any atom is -0.378 e. The third-order valence-corrected chi connectivity index (χ3v) is 3.70. The van der Waals surface area contributed by atoms with E-state index < -0.39 is 0 Å². The number of hydrogen-bond donors (Lipinski definition) is 1. The number of ether oxygens (including phenoxy) is 1. The van der Waals surface area contributed by atoms with Crippen molar-refractivity contribution in [3.63, 3.8) is 0 Å². The van der Waals surface area contributed by atoms with Gasteiger partial charge in [0.1, 0.15) is 0 Å². The van der Waals surface area contributed by atoms with Gasteiger partial charge in [-0.3, -0.25) is 0 Å². The summed E-state index contributed by atoms with van der Waals surface area (Å²) in [7, 11) is 0. The van der Waals surface area contributed by atoms with Crippen LogP contribution in [0.15, 0.2) is 18.2 Å². The Morgan fingerprint density at radius 3 is 3.06 bits per heavy atom. The van der Waals surface area contributed by atoms with Crippen LogP contribution in [0.4, 0.5) is 0 Å². The van der Waals surface area contributed by atoms with Crippen LogP contribution in [0.5, 0.6) is 0 Å². The Kier molecular flexibility index (Phi) is 4.43. The first-order valence-electron chi connectivity index (χ1n) is 6.30. The Balaban J connectivity index is 1.93. The fourth-order valence-corrected chi connectivity index (χ4v) is 2.58. The van der Waals surface area contributed by atoms with Gasteiger partial charge < -0.3 is 10.5 Å². The van der Waals surface area contributed by atoms with Crippen LogP contribution in [0.1, 0.15) is 42.9 Å². The van der Waals surface area contributed by atoms with Crippen LogP contribution in [-0.4, -0.2) is 12.7 Å². The molecule has 2 nitrogen and oxygen atoms in total. The van der Waals surface area contributed by atoms with Crippen LogP contribution in [0, 0.1) is 6.92 Å². The minimum absolute atomic E-state index is 0.0675. The Labute approximate surface area is 108 Å². The molecule has 2 atom stereocenters. The number of aryl methyl sites for hydroxylation is 1. The zero-order valence-electron chi connectivity index (χ0n) is 10.3. The van der Waals surface area contributed by atoms with Gasteiger partial charge in [-0.25, -0.2) is 0 Å². The van der Waals surface area contributed by atoms with Gasteiger partial charge in [-0.1, -0.05) is 17.7 Å². The van der Waals surface area contributed by atoms with Crippen LogP contribution in [-0.2, 0) is 4.74 Å². The third kappa shape index (κ3) is 3.44. The van der Waals surface area contributed by atoms with Gasteiger partial charge in [-0.15, -0.1) is 0 Å². The largest absolute Gasteiger partial charge is 0.378 e. The molecule has 0 amide bonds. The van der Waals surface area contributed by atoms with Crippen LogP contribution in [0.25, 0.3) is 0 Å². The van der Waals surface area contributed by atoms with Crippen LogP contribution in [0.3, 0.4) is 0 Å². The van der Waals surface area contributed by atoms with Crippen molar-refractivity contribution >= 4 is 11.6 Å². The van der Waals surface area contributed by atoms with Gasteiger partial charge in [0, 0.05) is 17.7 Å². The van der Waals surface area contributed by atoms with E-state index in [1.54, 1.807) is 0 Å². The van der Waals surface area contributed by atoms with Gasteiger partial charge in [-0.2, -0.15) is 0 Å². The first kappa shape index (κ1) is 12.9. The number of hydrogen-bond acceptors (Lipinski definition) is 2. The van der Waals surface area contributed by atoms with E-state index in [1.165, 1.54) is 18.4 Å². The standard InChI is InChI=1S/C14H20ClNO/c1-10-4-5-11(15)9-13(10)14(16)7-6-12-3-2-8-17-12/h4-5,9,12,14H,2-3,6-8,16H2,1H3. The molecule has 1 fully saturated rings. The molecular formula is C14H20ClNO. The van der Waals surface area contributed by atoms with Crippen LogP contribution in [0.2, 0.25) is 5.02 Å². The minimum atomic E-state index is 0.0675. The van der Waals surface area contributed by atoms with Crippen molar-refractivity contribution < 1.29 is 4.74 Å². The van der Waals surface area contributed by atoms with E-state index in [0.717, 1.165) is 30.0 Å². The molecule has 2 N–H and O–H groups in total. The molecule has 0 aromatic heterocycles. The van der Waals surface area contributed by atoms with Crippen molar-refractivity contribution in [1.82, 2.24) is 0 Å². The van der Waals surface area contributed by atoms with E-state index in [2.05, 4.69) is 6.92 Å². The maximum absolute atomic E-state index is 6.23. The lowest BCUT2D eigenvalue weighted by molar-refractivity contribution is 0.101. The molecule has 1 aliphatic heterocycles. The smallest absolute Gasteiger partial charge is 0.0576 e. The molecule has 1 aromatic rings. The quantitative estimate of drug-likeness (QED) is 0.890. The summed E-state index contributed by atoms with van der Waals surface area (Å²) in [5.74, 6) is 0. The Bertz CT molecular complexity index is 374. The van der Waals surface area contributed by atoms with Crippen molar-refractivity contribution in [3.05, 3.63) is 34.3 Å². The second-order valence-electron chi connectivity index (χ2n) is 4.82. The van der Waals surface area contributed by atoms with E-state index in [0.29, 0.717) is 6.10 Å². The average Bonchev–Trinajstić information content (AvgIpc) is 2.82.